The molecule has 0 N–H and O–H groups in total. The lowest BCUT2D eigenvalue weighted by Crippen LogP contribution is -2.39. The average molecular weight is 248 g/mol. The number of benzene rings is 1. The zero-order valence-electron chi connectivity index (χ0n) is 10.8. The fourth-order valence-electron chi connectivity index (χ4n) is 2.71. The number of esters is 1. The largest absolute Gasteiger partial charge is 0.496 e. The highest BCUT2D eigenvalue weighted by atomic mass is 16.6. The molecule has 3 heterocycles. The number of fused-ring (bicyclic) bond motifs is 2. The molecule has 18 heavy (non-hydrogen) atoms. The van der Waals surface area contributed by atoms with Gasteiger partial charge in [0.25, 0.3) is 0 Å². The van der Waals surface area contributed by atoms with Crippen molar-refractivity contribution in [2.45, 2.75) is 38.4 Å². The van der Waals surface area contributed by atoms with Gasteiger partial charge in [-0.1, -0.05) is 0 Å². The van der Waals surface area contributed by atoms with Crippen LogP contribution in [0.15, 0.2) is 12.1 Å². The Morgan fingerprint density at radius 2 is 2.22 bits per heavy atom. The molecule has 0 aromatic heterocycles. The van der Waals surface area contributed by atoms with E-state index in [1.807, 2.05) is 26.0 Å². The molecule has 96 valence electrons. The molecule has 0 saturated carbocycles. The van der Waals surface area contributed by atoms with Gasteiger partial charge in [-0.2, -0.15) is 0 Å². The van der Waals surface area contributed by atoms with Crippen molar-refractivity contribution < 1.29 is 19.0 Å². The first-order chi connectivity index (χ1) is 8.53. The van der Waals surface area contributed by atoms with E-state index in [1.165, 1.54) is 0 Å². The molecule has 3 aliphatic rings. The molecule has 0 unspecified atom stereocenters. The molecule has 3 aliphatic heterocycles. The monoisotopic (exact) mass is 248 g/mol. The van der Waals surface area contributed by atoms with Crippen molar-refractivity contribution in [3.8, 4) is 11.5 Å². The summed E-state index contributed by atoms with van der Waals surface area (Å²) in [5, 5.41) is 0. The maximum atomic E-state index is 11.8. The summed E-state index contributed by atoms with van der Waals surface area (Å²) >= 11 is 0. The number of hydrogen-bond donors (Lipinski definition) is 0. The highest BCUT2D eigenvalue weighted by Gasteiger charge is 2.46. The number of carbonyl (C=O) groups is 1. The lowest BCUT2D eigenvalue weighted by atomic mass is 9.87. The lowest BCUT2D eigenvalue weighted by Gasteiger charge is -2.32. The molecule has 1 aromatic carbocycles. The second-order valence-electron chi connectivity index (χ2n) is 5.12. The Bertz CT molecular complexity index is 523. The molecular formula is C14H16O4. The third kappa shape index (κ3) is 1.48. The molecule has 4 nitrogen and oxygen atoms in total. The zero-order chi connectivity index (χ0) is 12.9. The van der Waals surface area contributed by atoms with Gasteiger partial charge in [-0.25, -0.2) is 4.79 Å². The lowest BCUT2D eigenvalue weighted by molar-refractivity contribution is -0.174. The smallest absolute Gasteiger partial charge is 0.348 e. The van der Waals surface area contributed by atoms with Gasteiger partial charge < -0.3 is 14.2 Å². The van der Waals surface area contributed by atoms with Crippen molar-refractivity contribution >= 4 is 5.97 Å². The summed E-state index contributed by atoms with van der Waals surface area (Å²) < 4.78 is 16.7. The van der Waals surface area contributed by atoms with E-state index >= 15 is 0 Å². The second kappa shape index (κ2) is 3.64. The van der Waals surface area contributed by atoms with Gasteiger partial charge in [-0.15, -0.1) is 0 Å². The van der Waals surface area contributed by atoms with Gasteiger partial charge in [0.2, 0.25) is 0 Å². The van der Waals surface area contributed by atoms with Crippen LogP contribution in [0.5, 0.6) is 11.5 Å². The molecule has 1 aromatic rings. The minimum Gasteiger partial charge on any atom is -0.496 e. The maximum absolute atomic E-state index is 11.8. The number of carbonyl (C=O) groups excluding carboxylic acids is 1. The maximum Gasteiger partial charge on any atom is 0.348 e. The summed E-state index contributed by atoms with van der Waals surface area (Å²) in [4.78, 5) is 11.8. The molecule has 0 spiro atoms. The Kier molecular flexibility index (Phi) is 2.30. The molecule has 1 saturated heterocycles. The average Bonchev–Trinajstić information content (AvgIpc) is 2.51. The molecule has 2 atom stereocenters. The van der Waals surface area contributed by atoms with Crippen molar-refractivity contribution in [1.82, 2.24) is 0 Å². The number of rotatable bonds is 1. The Balaban J connectivity index is 2.19. The van der Waals surface area contributed by atoms with E-state index in [-0.39, 0.29) is 5.97 Å². The molecule has 0 amide bonds. The van der Waals surface area contributed by atoms with Crippen molar-refractivity contribution in [1.29, 1.82) is 0 Å². The van der Waals surface area contributed by atoms with Gasteiger partial charge in [-0.3, -0.25) is 0 Å². The third-order valence-electron chi connectivity index (χ3n) is 3.81. The van der Waals surface area contributed by atoms with Crippen LogP contribution < -0.4 is 9.47 Å². The predicted octanol–water partition coefficient (Wildman–Crippen LogP) is 2.32. The SMILES string of the molecule is COc1cc2c(cc1C)O[C@H]1CC[C@]2(C)OC1=O. The molecule has 0 radical (unpaired) electrons. The minimum atomic E-state index is -0.597. The quantitative estimate of drug-likeness (QED) is 0.715. The summed E-state index contributed by atoms with van der Waals surface area (Å²) in [7, 11) is 1.64. The first-order valence-corrected chi connectivity index (χ1v) is 6.12. The van der Waals surface area contributed by atoms with Crippen molar-refractivity contribution in [2.24, 2.45) is 0 Å². The van der Waals surface area contributed by atoms with Crippen LogP contribution in [0.3, 0.4) is 0 Å². The van der Waals surface area contributed by atoms with Crippen LogP contribution in [-0.2, 0) is 15.1 Å². The first kappa shape index (κ1) is 11.4. The number of hydrogen-bond acceptors (Lipinski definition) is 4. The van der Waals surface area contributed by atoms with E-state index in [4.69, 9.17) is 14.2 Å². The zero-order valence-corrected chi connectivity index (χ0v) is 10.8. The normalized spacial score (nSPS) is 29.1. The van der Waals surface area contributed by atoms with E-state index in [1.54, 1.807) is 7.11 Å². The van der Waals surface area contributed by atoms with Crippen LogP contribution in [0.4, 0.5) is 0 Å². The van der Waals surface area contributed by atoms with Crippen LogP contribution in [0, 0.1) is 6.92 Å². The Morgan fingerprint density at radius 1 is 1.44 bits per heavy atom. The number of aryl methyl sites for hydroxylation is 1. The van der Waals surface area contributed by atoms with Crippen molar-refractivity contribution in [2.75, 3.05) is 7.11 Å². The van der Waals surface area contributed by atoms with Crippen LogP contribution in [0.1, 0.15) is 30.9 Å². The molecular weight excluding hydrogens is 232 g/mol. The van der Waals surface area contributed by atoms with Crippen molar-refractivity contribution in [3.63, 3.8) is 0 Å². The van der Waals surface area contributed by atoms with Gasteiger partial charge in [0.05, 0.1) is 7.11 Å². The number of methoxy groups -OCH3 is 1. The highest BCUT2D eigenvalue weighted by molar-refractivity contribution is 5.78. The topological polar surface area (TPSA) is 44.8 Å². The van der Waals surface area contributed by atoms with Crippen LogP contribution in [-0.4, -0.2) is 19.2 Å². The van der Waals surface area contributed by atoms with Crippen LogP contribution >= 0.6 is 0 Å². The minimum absolute atomic E-state index is 0.267. The predicted molar refractivity (Wildman–Crippen MR) is 64.8 cm³/mol. The Hall–Kier alpha value is -1.71. The first-order valence-electron chi connectivity index (χ1n) is 6.12. The van der Waals surface area contributed by atoms with Gasteiger partial charge in [0.1, 0.15) is 17.1 Å². The summed E-state index contributed by atoms with van der Waals surface area (Å²) in [5.74, 6) is 1.26. The summed E-state index contributed by atoms with van der Waals surface area (Å²) in [6, 6.07) is 3.85. The molecule has 4 heteroatoms. The standard InChI is InChI=1S/C14H16O4/c1-8-6-12-9(7-11(8)16-3)14(2)5-4-10(17-12)13(15)18-14/h6-7,10H,4-5H2,1-3H3/t10-,14-/m0/s1. The van der Waals surface area contributed by atoms with Gasteiger partial charge >= 0.3 is 5.97 Å². The fourth-order valence-corrected chi connectivity index (χ4v) is 2.71. The van der Waals surface area contributed by atoms with E-state index < -0.39 is 11.7 Å². The molecule has 1 fully saturated rings. The van der Waals surface area contributed by atoms with Gasteiger partial charge in [-0.05, 0) is 44.4 Å². The molecule has 2 bridgehead atoms. The number of ether oxygens (including phenoxy) is 3. The van der Waals surface area contributed by atoms with Crippen LogP contribution in [0.25, 0.3) is 0 Å². The van der Waals surface area contributed by atoms with Gasteiger partial charge in [0.15, 0.2) is 6.10 Å². The summed E-state index contributed by atoms with van der Waals surface area (Å²) in [6.07, 6.45) is 1.01. The van der Waals surface area contributed by atoms with E-state index in [9.17, 15) is 4.79 Å². The summed E-state index contributed by atoms with van der Waals surface area (Å²) in [6.45, 7) is 3.89. The summed E-state index contributed by atoms with van der Waals surface area (Å²) in [5.41, 5.74) is 1.30. The second-order valence-corrected chi connectivity index (χ2v) is 5.12. The van der Waals surface area contributed by atoms with E-state index in [2.05, 4.69) is 0 Å². The molecule has 4 rings (SSSR count). The Labute approximate surface area is 106 Å². The van der Waals surface area contributed by atoms with E-state index in [0.29, 0.717) is 6.42 Å². The fraction of sp³-hybridized carbons (Fsp3) is 0.500. The van der Waals surface area contributed by atoms with Crippen molar-refractivity contribution in [3.05, 3.63) is 23.3 Å². The van der Waals surface area contributed by atoms with Gasteiger partial charge in [0, 0.05) is 5.56 Å². The third-order valence-corrected chi connectivity index (χ3v) is 3.81. The molecule has 0 aliphatic carbocycles. The van der Waals surface area contributed by atoms with E-state index in [0.717, 1.165) is 29.0 Å². The van der Waals surface area contributed by atoms with Crippen LogP contribution in [0.2, 0.25) is 0 Å². The highest BCUT2D eigenvalue weighted by Crippen LogP contribution is 2.46. The Morgan fingerprint density at radius 3 is 2.89 bits per heavy atom.